The van der Waals surface area contributed by atoms with Crippen molar-refractivity contribution in [3.05, 3.63) is 30.5 Å². The molecule has 1 N–H and O–H groups in total. The molecule has 19 heavy (non-hydrogen) atoms. The van der Waals surface area contributed by atoms with E-state index in [1.54, 1.807) is 12.1 Å². The Hall–Kier alpha value is -1.11. The van der Waals surface area contributed by atoms with Gasteiger partial charge in [-0.3, -0.25) is 0 Å². The van der Waals surface area contributed by atoms with Crippen LogP contribution in [0.25, 0.3) is 0 Å². The molecular formula is C13H20N2O3S. The molecule has 0 bridgehead atoms. The summed E-state index contributed by atoms with van der Waals surface area (Å²) in [4.78, 5) is 0. The van der Waals surface area contributed by atoms with Gasteiger partial charge in [0.15, 0.2) is 0 Å². The molecule has 0 spiro atoms. The Morgan fingerprint density at radius 1 is 1.53 bits per heavy atom. The molecule has 0 amide bonds. The van der Waals surface area contributed by atoms with Crippen LogP contribution in [0.4, 0.5) is 0 Å². The van der Waals surface area contributed by atoms with Gasteiger partial charge in [-0.05, 0) is 31.5 Å². The molecular weight excluding hydrogens is 264 g/mol. The van der Waals surface area contributed by atoms with Crippen LogP contribution in [0, 0.1) is 0 Å². The lowest BCUT2D eigenvalue weighted by Gasteiger charge is -2.18. The predicted molar refractivity (Wildman–Crippen MR) is 73.2 cm³/mol. The van der Waals surface area contributed by atoms with Crippen LogP contribution in [0.5, 0.6) is 0 Å². The number of sulfonamides is 1. The number of hydrogen-bond donors (Lipinski definition) is 1. The van der Waals surface area contributed by atoms with Gasteiger partial charge in [-0.15, -0.1) is 6.58 Å². The molecule has 0 aromatic carbocycles. The summed E-state index contributed by atoms with van der Waals surface area (Å²) in [5.74, 6) is 0.634. The van der Waals surface area contributed by atoms with E-state index in [9.17, 15) is 8.42 Å². The summed E-state index contributed by atoms with van der Waals surface area (Å²) in [6.45, 7) is 7.28. The second-order valence-corrected chi connectivity index (χ2v) is 6.42. The van der Waals surface area contributed by atoms with Crippen molar-refractivity contribution in [3.8, 4) is 0 Å². The third kappa shape index (κ3) is 3.26. The van der Waals surface area contributed by atoms with E-state index >= 15 is 0 Å². The lowest BCUT2D eigenvalue weighted by atomic mass is 10.4. The van der Waals surface area contributed by atoms with Crippen LogP contribution in [-0.2, 0) is 16.6 Å². The summed E-state index contributed by atoms with van der Waals surface area (Å²) in [5.41, 5.74) is 0. The third-order valence-electron chi connectivity index (χ3n) is 3.01. The predicted octanol–water partition coefficient (Wildman–Crippen LogP) is 1.73. The molecule has 106 valence electrons. The maximum absolute atomic E-state index is 12.5. The van der Waals surface area contributed by atoms with Crippen LogP contribution in [-0.4, -0.2) is 31.9 Å². The van der Waals surface area contributed by atoms with Gasteiger partial charge in [-0.1, -0.05) is 13.0 Å². The Balaban J connectivity index is 2.17. The molecule has 0 saturated heterocycles. The van der Waals surface area contributed by atoms with Gasteiger partial charge in [-0.2, -0.15) is 4.31 Å². The Morgan fingerprint density at radius 3 is 2.84 bits per heavy atom. The molecule has 1 aromatic heterocycles. The number of furan rings is 1. The molecule has 1 aliphatic rings. The molecule has 1 saturated carbocycles. The van der Waals surface area contributed by atoms with Crippen molar-refractivity contribution in [2.24, 2.45) is 0 Å². The lowest BCUT2D eigenvalue weighted by Crippen LogP contribution is -2.33. The highest BCUT2D eigenvalue weighted by atomic mass is 32.2. The van der Waals surface area contributed by atoms with Crippen LogP contribution >= 0.6 is 0 Å². The van der Waals surface area contributed by atoms with Crippen LogP contribution in [0.15, 0.2) is 34.3 Å². The van der Waals surface area contributed by atoms with Gasteiger partial charge in [0.1, 0.15) is 5.76 Å². The fourth-order valence-electron chi connectivity index (χ4n) is 1.89. The first-order valence-electron chi connectivity index (χ1n) is 6.51. The molecule has 6 heteroatoms. The molecule has 0 unspecified atom stereocenters. The van der Waals surface area contributed by atoms with Gasteiger partial charge in [-0.25, -0.2) is 8.42 Å². The van der Waals surface area contributed by atoms with Crippen LogP contribution < -0.4 is 5.32 Å². The maximum Gasteiger partial charge on any atom is 0.276 e. The first-order valence-corrected chi connectivity index (χ1v) is 7.95. The van der Waals surface area contributed by atoms with Gasteiger partial charge in [0.2, 0.25) is 5.09 Å². The quantitative estimate of drug-likeness (QED) is 0.738. The van der Waals surface area contributed by atoms with E-state index in [0.29, 0.717) is 18.8 Å². The minimum Gasteiger partial charge on any atom is -0.447 e. The fraction of sp³-hybridized carbons (Fsp3) is 0.538. The second kappa shape index (κ2) is 5.90. The minimum absolute atomic E-state index is 0.0224. The van der Waals surface area contributed by atoms with Crippen molar-refractivity contribution in [2.45, 2.75) is 37.4 Å². The topological polar surface area (TPSA) is 62.6 Å². The first-order chi connectivity index (χ1) is 9.09. The zero-order valence-electron chi connectivity index (χ0n) is 11.1. The normalized spacial score (nSPS) is 15.9. The Kier molecular flexibility index (Phi) is 4.44. The number of nitrogens with zero attached hydrogens (tertiary/aromatic N) is 1. The van der Waals surface area contributed by atoms with Crippen molar-refractivity contribution in [1.29, 1.82) is 0 Å². The highest BCUT2D eigenvalue weighted by Crippen LogP contribution is 2.32. The molecule has 5 nitrogen and oxygen atoms in total. The van der Waals surface area contributed by atoms with E-state index in [2.05, 4.69) is 11.9 Å². The largest absolute Gasteiger partial charge is 0.447 e. The standard InChI is InChI=1S/C13H20N2O3S/c1-3-9-15(11-5-6-11)19(16,17)13-8-7-12(18-13)10-14-4-2/h3,7-8,11,14H,1,4-6,9-10H2,2H3. The number of nitrogens with one attached hydrogen (secondary N) is 1. The minimum atomic E-state index is -3.54. The Morgan fingerprint density at radius 2 is 2.26 bits per heavy atom. The van der Waals surface area contributed by atoms with Gasteiger partial charge in [0, 0.05) is 12.6 Å². The molecule has 1 fully saturated rings. The molecule has 1 aliphatic carbocycles. The third-order valence-corrected chi connectivity index (χ3v) is 4.80. The summed E-state index contributed by atoms with van der Waals surface area (Å²) >= 11 is 0. The molecule has 1 aromatic rings. The van der Waals surface area contributed by atoms with E-state index in [0.717, 1.165) is 19.4 Å². The molecule has 2 rings (SSSR count). The van der Waals surface area contributed by atoms with Crippen molar-refractivity contribution in [2.75, 3.05) is 13.1 Å². The van der Waals surface area contributed by atoms with Gasteiger partial charge < -0.3 is 9.73 Å². The number of rotatable bonds is 8. The van der Waals surface area contributed by atoms with Crippen LogP contribution in [0.1, 0.15) is 25.5 Å². The van der Waals surface area contributed by atoms with E-state index in [1.165, 1.54) is 10.4 Å². The molecule has 0 atom stereocenters. The molecule has 0 aliphatic heterocycles. The van der Waals surface area contributed by atoms with Crippen LogP contribution in [0.3, 0.4) is 0 Å². The molecule has 0 radical (unpaired) electrons. The highest BCUT2D eigenvalue weighted by Gasteiger charge is 2.38. The lowest BCUT2D eigenvalue weighted by molar-refractivity contribution is 0.371. The van der Waals surface area contributed by atoms with E-state index < -0.39 is 10.0 Å². The summed E-state index contributed by atoms with van der Waals surface area (Å²) in [6, 6.07) is 3.33. The van der Waals surface area contributed by atoms with Crippen LogP contribution in [0.2, 0.25) is 0 Å². The fourth-order valence-corrected chi connectivity index (χ4v) is 3.48. The van der Waals surface area contributed by atoms with Gasteiger partial charge in [0.25, 0.3) is 10.0 Å². The summed E-state index contributed by atoms with van der Waals surface area (Å²) in [5, 5.41) is 3.12. The SMILES string of the molecule is C=CCN(C1CC1)S(=O)(=O)c1ccc(CNCC)o1. The average Bonchev–Trinajstić information content (AvgIpc) is 3.10. The average molecular weight is 284 g/mol. The maximum atomic E-state index is 12.5. The summed E-state index contributed by atoms with van der Waals surface area (Å²) in [6.07, 6.45) is 3.44. The zero-order valence-corrected chi connectivity index (χ0v) is 11.9. The zero-order chi connectivity index (χ0) is 13.9. The molecule has 1 heterocycles. The first kappa shape index (κ1) is 14.3. The van der Waals surface area contributed by atoms with Gasteiger partial charge in [0.05, 0.1) is 6.54 Å². The van der Waals surface area contributed by atoms with Crippen molar-refractivity contribution < 1.29 is 12.8 Å². The van der Waals surface area contributed by atoms with E-state index in [1.807, 2.05) is 6.92 Å². The second-order valence-electron chi connectivity index (χ2n) is 4.60. The van der Waals surface area contributed by atoms with Crippen molar-refractivity contribution >= 4 is 10.0 Å². The highest BCUT2D eigenvalue weighted by molar-refractivity contribution is 7.89. The Labute approximate surface area is 114 Å². The smallest absolute Gasteiger partial charge is 0.276 e. The van der Waals surface area contributed by atoms with Gasteiger partial charge >= 0.3 is 0 Å². The Bertz CT molecular complexity index is 532. The van der Waals surface area contributed by atoms with E-state index in [-0.39, 0.29) is 11.1 Å². The monoisotopic (exact) mass is 284 g/mol. The van der Waals surface area contributed by atoms with E-state index in [4.69, 9.17) is 4.42 Å². The number of hydrogen-bond acceptors (Lipinski definition) is 4. The van der Waals surface area contributed by atoms with Crippen molar-refractivity contribution in [1.82, 2.24) is 9.62 Å². The van der Waals surface area contributed by atoms with Crippen molar-refractivity contribution in [3.63, 3.8) is 0 Å². The summed E-state index contributed by atoms with van der Waals surface area (Å²) in [7, 11) is -3.54. The summed E-state index contributed by atoms with van der Waals surface area (Å²) < 4.78 is 31.8.